The van der Waals surface area contributed by atoms with Gasteiger partial charge in [-0.3, -0.25) is 0 Å². The van der Waals surface area contributed by atoms with Crippen LogP contribution in [0.25, 0.3) is 0 Å². The van der Waals surface area contributed by atoms with Crippen molar-refractivity contribution in [3.63, 3.8) is 0 Å². The van der Waals surface area contributed by atoms with E-state index in [2.05, 4.69) is 50.4 Å². The highest BCUT2D eigenvalue weighted by molar-refractivity contribution is 5.20. The first-order chi connectivity index (χ1) is 10.1. The lowest BCUT2D eigenvalue weighted by Crippen LogP contribution is -2.61. The zero-order chi connectivity index (χ0) is 15.3. The number of aliphatic hydroxyl groups is 1. The molecule has 3 atom stereocenters. The van der Waals surface area contributed by atoms with E-state index in [1.807, 2.05) is 6.07 Å². The Morgan fingerprint density at radius 2 is 2.05 bits per heavy atom. The van der Waals surface area contributed by atoms with Gasteiger partial charge in [-0.05, 0) is 31.7 Å². The van der Waals surface area contributed by atoms with Crippen molar-refractivity contribution in [1.29, 1.82) is 0 Å². The van der Waals surface area contributed by atoms with Crippen molar-refractivity contribution in [1.82, 2.24) is 5.32 Å². The third-order valence-corrected chi connectivity index (χ3v) is 4.80. The Kier molecular flexibility index (Phi) is 5.80. The van der Waals surface area contributed by atoms with Crippen molar-refractivity contribution >= 4 is 0 Å². The van der Waals surface area contributed by atoms with Crippen LogP contribution in [0.5, 0.6) is 0 Å². The molecule has 0 bridgehead atoms. The molecule has 3 nitrogen and oxygen atoms in total. The van der Waals surface area contributed by atoms with E-state index in [0.717, 1.165) is 25.9 Å². The van der Waals surface area contributed by atoms with E-state index in [1.165, 1.54) is 5.56 Å². The first kappa shape index (κ1) is 16.5. The maximum Gasteiger partial charge on any atom is 0.0655 e. The van der Waals surface area contributed by atoms with Gasteiger partial charge in [0.05, 0.1) is 6.10 Å². The monoisotopic (exact) mass is 291 g/mol. The minimum Gasteiger partial charge on any atom is -0.396 e. The van der Waals surface area contributed by atoms with Crippen LogP contribution in [-0.2, 0) is 4.74 Å². The summed E-state index contributed by atoms with van der Waals surface area (Å²) in [4.78, 5) is 0. The highest BCUT2D eigenvalue weighted by Gasteiger charge is 2.49. The van der Waals surface area contributed by atoms with Crippen LogP contribution in [0.15, 0.2) is 30.3 Å². The third-order valence-electron chi connectivity index (χ3n) is 4.80. The van der Waals surface area contributed by atoms with Gasteiger partial charge < -0.3 is 15.2 Å². The van der Waals surface area contributed by atoms with Crippen LogP contribution in [0, 0.1) is 5.41 Å². The lowest BCUT2D eigenvalue weighted by Gasteiger charge is -2.53. The van der Waals surface area contributed by atoms with Crippen molar-refractivity contribution in [2.24, 2.45) is 5.41 Å². The first-order valence-corrected chi connectivity index (χ1v) is 8.13. The SMILES string of the molecule is CCOC1CC(NC(CCCO)c2ccccc2)C1(C)C. The molecule has 2 rings (SSSR count). The fraction of sp³-hybridized carbons (Fsp3) is 0.667. The summed E-state index contributed by atoms with van der Waals surface area (Å²) in [6.45, 7) is 7.66. The van der Waals surface area contributed by atoms with E-state index in [-0.39, 0.29) is 12.0 Å². The molecule has 1 aliphatic rings. The van der Waals surface area contributed by atoms with Crippen LogP contribution >= 0.6 is 0 Å². The molecule has 0 saturated heterocycles. The van der Waals surface area contributed by atoms with Crippen LogP contribution in [0.4, 0.5) is 0 Å². The maximum atomic E-state index is 9.13. The van der Waals surface area contributed by atoms with Gasteiger partial charge in [0.1, 0.15) is 0 Å². The van der Waals surface area contributed by atoms with Crippen molar-refractivity contribution in [2.45, 2.75) is 58.2 Å². The normalized spacial score (nSPS) is 25.3. The summed E-state index contributed by atoms with van der Waals surface area (Å²) in [5, 5.41) is 12.9. The summed E-state index contributed by atoms with van der Waals surface area (Å²) in [7, 11) is 0. The van der Waals surface area contributed by atoms with Crippen molar-refractivity contribution < 1.29 is 9.84 Å². The Hall–Kier alpha value is -0.900. The molecule has 1 saturated carbocycles. The van der Waals surface area contributed by atoms with Crippen LogP contribution in [0.1, 0.15) is 51.6 Å². The fourth-order valence-corrected chi connectivity index (χ4v) is 3.22. The molecule has 118 valence electrons. The minimum atomic E-state index is 0.169. The molecule has 0 heterocycles. The molecule has 2 N–H and O–H groups in total. The van der Waals surface area contributed by atoms with Crippen LogP contribution in [0.3, 0.4) is 0 Å². The average molecular weight is 291 g/mol. The molecule has 0 aliphatic heterocycles. The predicted molar refractivity (Wildman–Crippen MR) is 86.2 cm³/mol. The first-order valence-electron chi connectivity index (χ1n) is 8.13. The molecular weight excluding hydrogens is 262 g/mol. The van der Waals surface area contributed by atoms with Gasteiger partial charge >= 0.3 is 0 Å². The second-order valence-corrected chi connectivity index (χ2v) is 6.55. The van der Waals surface area contributed by atoms with Crippen LogP contribution < -0.4 is 5.32 Å². The second kappa shape index (κ2) is 7.39. The van der Waals surface area contributed by atoms with Gasteiger partial charge in [0.2, 0.25) is 0 Å². The van der Waals surface area contributed by atoms with E-state index in [0.29, 0.717) is 18.2 Å². The van der Waals surface area contributed by atoms with Gasteiger partial charge in [0.25, 0.3) is 0 Å². The van der Waals surface area contributed by atoms with Gasteiger partial charge in [-0.15, -0.1) is 0 Å². The van der Waals surface area contributed by atoms with Crippen molar-refractivity contribution in [3.05, 3.63) is 35.9 Å². The maximum absolute atomic E-state index is 9.13. The van der Waals surface area contributed by atoms with E-state index >= 15 is 0 Å². The van der Waals surface area contributed by atoms with Gasteiger partial charge in [-0.25, -0.2) is 0 Å². The molecule has 1 aromatic carbocycles. The average Bonchev–Trinajstić information content (AvgIpc) is 2.50. The van der Waals surface area contributed by atoms with Gasteiger partial charge in [0, 0.05) is 30.7 Å². The standard InChI is InChI=1S/C18H29NO2/c1-4-21-17-13-16(18(17,2)3)19-15(11-8-12-20)14-9-6-5-7-10-14/h5-7,9-10,15-17,19-20H,4,8,11-13H2,1-3H3. The molecule has 3 unspecified atom stereocenters. The zero-order valence-electron chi connectivity index (χ0n) is 13.5. The summed E-state index contributed by atoms with van der Waals surface area (Å²) in [5.74, 6) is 0. The molecule has 0 aromatic heterocycles. The zero-order valence-corrected chi connectivity index (χ0v) is 13.5. The number of aliphatic hydroxyl groups excluding tert-OH is 1. The summed E-state index contributed by atoms with van der Waals surface area (Å²) in [6, 6.07) is 11.3. The second-order valence-electron chi connectivity index (χ2n) is 6.55. The lowest BCUT2D eigenvalue weighted by atomic mass is 9.64. The molecular formula is C18H29NO2. The highest BCUT2D eigenvalue weighted by atomic mass is 16.5. The van der Waals surface area contributed by atoms with E-state index < -0.39 is 0 Å². The Morgan fingerprint density at radius 3 is 2.62 bits per heavy atom. The number of ether oxygens (including phenoxy) is 1. The highest BCUT2D eigenvalue weighted by Crippen LogP contribution is 2.44. The summed E-state index contributed by atoms with van der Waals surface area (Å²) >= 11 is 0. The fourth-order valence-electron chi connectivity index (χ4n) is 3.22. The van der Waals surface area contributed by atoms with E-state index in [9.17, 15) is 0 Å². The topological polar surface area (TPSA) is 41.5 Å². The molecule has 1 aromatic rings. The number of benzene rings is 1. The Bertz CT molecular complexity index is 418. The Labute approximate surface area is 128 Å². The third kappa shape index (κ3) is 3.85. The number of nitrogens with one attached hydrogen (secondary N) is 1. The number of hydrogen-bond acceptors (Lipinski definition) is 3. The summed E-state index contributed by atoms with van der Waals surface area (Å²) in [6.07, 6.45) is 3.22. The van der Waals surface area contributed by atoms with Crippen molar-refractivity contribution in [2.75, 3.05) is 13.2 Å². The molecule has 0 radical (unpaired) electrons. The summed E-state index contributed by atoms with van der Waals surface area (Å²) < 4.78 is 5.81. The van der Waals surface area contributed by atoms with Gasteiger partial charge in [-0.2, -0.15) is 0 Å². The predicted octanol–water partition coefficient (Wildman–Crippen LogP) is 3.29. The number of rotatable bonds is 8. The van der Waals surface area contributed by atoms with Crippen molar-refractivity contribution in [3.8, 4) is 0 Å². The van der Waals surface area contributed by atoms with E-state index in [1.54, 1.807) is 0 Å². The van der Waals surface area contributed by atoms with Gasteiger partial charge in [-0.1, -0.05) is 44.2 Å². The lowest BCUT2D eigenvalue weighted by molar-refractivity contribution is -0.116. The Balaban J connectivity index is 2.00. The minimum absolute atomic E-state index is 0.169. The van der Waals surface area contributed by atoms with Crippen LogP contribution in [-0.4, -0.2) is 30.5 Å². The molecule has 0 spiro atoms. The van der Waals surface area contributed by atoms with Gasteiger partial charge in [0.15, 0.2) is 0 Å². The molecule has 1 fully saturated rings. The molecule has 21 heavy (non-hydrogen) atoms. The van der Waals surface area contributed by atoms with E-state index in [4.69, 9.17) is 9.84 Å². The van der Waals surface area contributed by atoms with Crippen LogP contribution in [0.2, 0.25) is 0 Å². The Morgan fingerprint density at radius 1 is 1.33 bits per heavy atom. The smallest absolute Gasteiger partial charge is 0.0655 e. The quantitative estimate of drug-likeness (QED) is 0.772. The number of hydrogen-bond donors (Lipinski definition) is 2. The molecule has 3 heteroatoms. The largest absolute Gasteiger partial charge is 0.396 e. The molecule has 1 aliphatic carbocycles. The summed E-state index contributed by atoms with van der Waals surface area (Å²) in [5.41, 5.74) is 1.48. The molecule has 0 amide bonds.